The zero-order valence-electron chi connectivity index (χ0n) is 20.9. The lowest BCUT2D eigenvalue weighted by Crippen LogP contribution is -2.39. The van der Waals surface area contributed by atoms with Crippen LogP contribution in [0.4, 0.5) is 5.82 Å². The number of fused-ring (bicyclic) bond motifs is 2. The van der Waals surface area contributed by atoms with Gasteiger partial charge in [-0.2, -0.15) is 4.98 Å². The van der Waals surface area contributed by atoms with E-state index in [1.54, 1.807) is 30.3 Å². The van der Waals surface area contributed by atoms with Crippen molar-refractivity contribution in [3.05, 3.63) is 75.8 Å². The van der Waals surface area contributed by atoms with Gasteiger partial charge in [0.25, 0.3) is 17.7 Å². The van der Waals surface area contributed by atoms with Crippen molar-refractivity contribution in [2.45, 2.75) is 20.0 Å². The van der Waals surface area contributed by atoms with E-state index in [1.807, 2.05) is 26.0 Å². The van der Waals surface area contributed by atoms with Crippen LogP contribution in [0, 0.1) is 13.8 Å². The number of carbonyl (C=O) groups excluding carboxylic acids is 3. The number of anilines is 1. The zero-order valence-corrected chi connectivity index (χ0v) is 20.9. The minimum Gasteiger partial charge on any atom is -0.496 e. The van der Waals surface area contributed by atoms with E-state index in [0.29, 0.717) is 39.9 Å². The molecule has 1 aromatic heterocycles. The maximum Gasteiger partial charge on any atom is 0.261 e. The number of carbonyl (C=O) groups is 3. The molecule has 2 aliphatic heterocycles. The Kier molecular flexibility index (Phi) is 6.16. The highest BCUT2D eigenvalue weighted by atomic mass is 16.5. The number of benzene rings is 2. The molecule has 1 unspecified atom stereocenters. The summed E-state index contributed by atoms with van der Waals surface area (Å²) in [4.78, 5) is 43.6. The summed E-state index contributed by atoms with van der Waals surface area (Å²) >= 11 is 0. The fraction of sp³-hybridized carbons (Fsp3) is 0.259. The fourth-order valence-corrected chi connectivity index (χ4v) is 4.69. The van der Waals surface area contributed by atoms with Gasteiger partial charge in [0.1, 0.15) is 35.7 Å². The van der Waals surface area contributed by atoms with Crippen LogP contribution in [0.5, 0.6) is 17.4 Å². The number of hydrogen-bond acceptors (Lipinski definition) is 8. The SMILES string of the molecule is COc1cc(OC)c2c(n1)NC(c1cc(C)c(OCCN3C(=O)c4ccccc4C3=O)c(C)c1)NC2=O. The summed E-state index contributed by atoms with van der Waals surface area (Å²) in [5.41, 5.74) is 3.63. The van der Waals surface area contributed by atoms with Crippen LogP contribution in [0.3, 0.4) is 0 Å². The smallest absolute Gasteiger partial charge is 0.261 e. The van der Waals surface area contributed by atoms with Crippen LogP contribution in [0.2, 0.25) is 0 Å². The normalized spacial score (nSPS) is 16.1. The standard InChI is InChI=1S/C27H26N4O6/c1-14-11-16(23-29-24-21(25(32)30-23)19(35-3)13-20(28-24)36-4)12-15(2)22(14)37-10-9-31-26(33)17-7-5-6-8-18(17)27(31)34/h5-8,11-13,23H,9-10H2,1-4H3,(H,28,29)(H,30,32). The maximum atomic E-state index is 12.9. The lowest BCUT2D eigenvalue weighted by molar-refractivity contribution is 0.0630. The molecule has 0 saturated carbocycles. The highest BCUT2D eigenvalue weighted by Crippen LogP contribution is 2.36. The lowest BCUT2D eigenvalue weighted by atomic mass is 10.0. The molecule has 0 spiro atoms. The molecule has 3 amide bonds. The molecule has 0 saturated heterocycles. The Bertz CT molecular complexity index is 1380. The number of rotatable bonds is 7. The molecule has 10 nitrogen and oxygen atoms in total. The van der Waals surface area contributed by atoms with Crippen molar-refractivity contribution in [1.29, 1.82) is 0 Å². The molecule has 3 aromatic rings. The Morgan fingerprint density at radius 2 is 1.57 bits per heavy atom. The van der Waals surface area contributed by atoms with Crippen molar-refractivity contribution in [2.75, 3.05) is 32.7 Å². The van der Waals surface area contributed by atoms with Crippen molar-refractivity contribution < 1.29 is 28.6 Å². The number of imide groups is 1. The third-order valence-electron chi connectivity index (χ3n) is 6.43. The van der Waals surface area contributed by atoms with E-state index in [9.17, 15) is 14.4 Å². The first-order valence-electron chi connectivity index (χ1n) is 11.7. The van der Waals surface area contributed by atoms with Crippen LogP contribution in [0.15, 0.2) is 42.5 Å². The first-order chi connectivity index (χ1) is 17.8. The summed E-state index contributed by atoms with van der Waals surface area (Å²) in [6.07, 6.45) is -0.533. The van der Waals surface area contributed by atoms with Gasteiger partial charge in [0.2, 0.25) is 5.88 Å². The van der Waals surface area contributed by atoms with Crippen molar-refractivity contribution in [2.24, 2.45) is 0 Å². The first-order valence-corrected chi connectivity index (χ1v) is 11.7. The van der Waals surface area contributed by atoms with E-state index in [-0.39, 0.29) is 30.9 Å². The highest BCUT2D eigenvalue weighted by molar-refractivity contribution is 6.21. The largest absolute Gasteiger partial charge is 0.496 e. The fourth-order valence-electron chi connectivity index (χ4n) is 4.69. The first kappa shape index (κ1) is 24.1. The minimum atomic E-state index is -0.533. The monoisotopic (exact) mass is 502 g/mol. The molecule has 190 valence electrons. The zero-order chi connectivity index (χ0) is 26.3. The van der Waals surface area contributed by atoms with Crippen LogP contribution < -0.4 is 24.8 Å². The third kappa shape index (κ3) is 4.20. The van der Waals surface area contributed by atoms with Gasteiger partial charge in [-0.05, 0) is 54.8 Å². The molecule has 0 aliphatic carbocycles. The Morgan fingerprint density at radius 3 is 2.16 bits per heavy atom. The van der Waals surface area contributed by atoms with E-state index in [0.717, 1.165) is 16.7 Å². The molecule has 3 heterocycles. The van der Waals surface area contributed by atoms with Crippen molar-refractivity contribution in [3.63, 3.8) is 0 Å². The number of aryl methyl sites for hydroxylation is 2. The number of nitrogens with zero attached hydrogens (tertiary/aromatic N) is 2. The van der Waals surface area contributed by atoms with Crippen LogP contribution >= 0.6 is 0 Å². The van der Waals surface area contributed by atoms with Gasteiger partial charge in [0, 0.05) is 6.07 Å². The Hall–Kier alpha value is -4.60. The Labute approximate surface area is 213 Å². The average Bonchev–Trinajstić information content (AvgIpc) is 3.14. The van der Waals surface area contributed by atoms with Gasteiger partial charge < -0.3 is 24.8 Å². The number of nitrogens with one attached hydrogen (secondary N) is 2. The van der Waals surface area contributed by atoms with Gasteiger partial charge in [0.05, 0.1) is 31.9 Å². The quantitative estimate of drug-likeness (QED) is 0.473. The van der Waals surface area contributed by atoms with Gasteiger partial charge in [-0.1, -0.05) is 12.1 Å². The maximum absolute atomic E-state index is 12.9. The summed E-state index contributed by atoms with van der Waals surface area (Å²) in [6.45, 7) is 4.09. The molecule has 0 bridgehead atoms. The number of ether oxygens (including phenoxy) is 3. The highest BCUT2D eigenvalue weighted by Gasteiger charge is 2.35. The minimum absolute atomic E-state index is 0.138. The number of aromatic nitrogens is 1. The number of hydrogen-bond donors (Lipinski definition) is 2. The molecule has 2 N–H and O–H groups in total. The topological polar surface area (TPSA) is 119 Å². The number of amides is 3. The van der Waals surface area contributed by atoms with E-state index < -0.39 is 6.17 Å². The van der Waals surface area contributed by atoms with Gasteiger partial charge in [-0.25, -0.2) is 0 Å². The summed E-state index contributed by atoms with van der Waals surface area (Å²) in [6, 6.07) is 12.2. The van der Waals surface area contributed by atoms with Crippen molar-refractivity contribution >= 4 is 23.5 Å². The lowest BCUT2D eigenvalue weighted by Gasteiger charge is -2.29. The van der Waals surface area contributed by atoms with E-state index >= 15 is 0 Å². The molecule has 5 rings (SSSR count). The van der Waals surface area contributed by atoms with Gasteiger partial charge in [-0.3, -0.25) is 19.3 Å². The van der Waals surface area contributed by atoms with Gasteiger partial charge in [0.15, 0.2) is 0 Å². The van der Waals surface area contributed by atoms with Gasteiger partial charge in [-0.15, -0.1) is 0 Å². The molecule has 2 aromatic carbocycles. The molecular weight excluding hydrogens is 476 g/mol. The van der Waals surface area contributed by atoms with E-state index in [4.69, 9.17) is 14.2 Å². The van der Waals surface area contributed by atoms with Crippen LogP contribution in [0.25, 0.3) is 0 Å². The molecule has 2 aliphatic rings. The summed E-state index contributed by atoms with van der Waals surface area (Å²) in [5.74, 6) is 0.766. The Morgan fingerprint density at radius 1 is 0.919 bits per heavy atom. The molecule has 0 fully saturated rings. The molecule has 1 atom stereocenters. The molecular formula is C27H26N4O6. The van der Waals surface area contributed by atoms with Gasteiger partial charge >= 0.3 is 0 Å². The number of methoxy groups -OCH3 is 2. The van der Waals surface area contributed by atoms with Crippen molar-refractivity contribution in [1.82, 2.24) is 15.2 Å². The Balaban J connectivity index is 1.31. The predicted octanol–water partition coefficient (Wildman–Crippen LogP) is 3.24. The summed E-state index contributed by atoms with van der Waals surface area (Å²) in [7, 11) is 2.97. The summed E-state index contributed by atoms with van der Waals surface area (Å²) in [5, 5.41) is 6.18. The number of pyridine rings is 1. The molecule has 0 radical (unpaired) electrons. The van der Waals surface area contributed by atoms with Crippen molar-refractivity contribution in [3.8, 4) is 17.4 Å². The predicted molar refractivity (Wildman–Crippen MR) is 134 cm³/mol. The average molecular weight is 503 g/mol. The van der Waals surface area contributed by atoms with E-state index in [1.165, 1.54) is 19.1 Å². The van der Waals surface area contributed by atoms with E-state index in [2.05, 4.69) is 15.6 Å². The molecule has 10 heteroatoms. The van der Waals surface area contributed by atoms with Crippen LogP contribution in [-0.4, -0.2) is 55.0 Å². The van der Waals surface area contributed by atoms with Crippen LogP contribution in [-0.2, 0) is 0 Å². The second-order valence-electron chi connectivity index (χ2n) is 8.78. The second kappa shape index (κ2) is 9.45. The second-order valence-corrected chi connectivity index (χ2v) is 8.78. The molecule has 37 heavy (non-hydrogen) atoms. The summed E-state index contributed by atoms with van der Waals surface area (Å²) < 4.78 is 16.6. The van der Waals surface area contributed by atoms with Crippen LogP contribution in [0.1, 0.15) is 53.9 Å². The third-order valence-corrected chi connectivity index (χ3v) is 6.43.